The minimum absolute atomic E-state index is 0.0734. The average molecular weight is 437 g/mol. The van der Waals surface area contributed by atoms with Crippen LogP contribution >= 0.6 is 35.0 Å². The van der Waals surface area contributed by atoms with Gasteiger partial charge in [0.2, 0.25) is 5.16 Å². The summed E-state index contributed by atoms with van der Waals surface area (Å²) in [4.78, 5) is 12.7. The van der Waals surface area contributed by atoms with Crippen LogP contribution in [0.15, 0.2) is 53.7 Å². The molecule has 1 aliphatic heterocycles. The zero-order chi connectivity index (χ0) is 19.5. The SMILES string of the molecule is O=C(Oc1ccccc1)N1CCSc2nnc(COc3ccc(Cl)cc3Cl)n21. The van der Waals surface area contributed by atoms with E-state index in [0.717, 1.165) is 0 Å². The van der Waals surface area contributed by atoms with Crippen LogP contribution < -0.4 is 14.5 Å². The van der Waals surface area contributed by atoms with Gasteiger partial charge in [0.15, 0.2) is 5.82 Å². The Morgan fingerprint density at radius 2 is 1.96 bits per heavy atom. The molecular formula is C18H14Cl2N4O3S. The molecule has 144 valence electrons. The molecule has 10 heteroatoms. The second kappa shape index (κ2) is 8.30. The molecule has 3 aromatic rings. The van der Waals surface area contributed by atoms with E-state index in [1.807, 2.05) is 6.07 Å². The van der Waals surface area contributed by atoms with Crippen LogP contribution in [0, 0.1) is 0 Å². The van der Waals surface area contributed by atoms with Gasteiger partial charge in [-0.3, -0.25) is 0 Å². The van der Waals surface area contributed by atoms with Gasteiger partial charge in [-0.1, -0.05) is 53.2 Å². The lowest BCUT2D eigenvalue weighted by atomic mass is 10.3. The van der Waals surface area contributed by atoms with E-state index in [-0.39, 0.29) is 6.61 Å². The molecule has 0 spiro atoms. The van der Waals surface area contributed by atoms with Crippen molar-refractivity contribution in [1.29, 1.82) is 0 Å². The Balaban J connectivity index is 1.53. The molecule has 0 atom stereocenters. The molecule has 0 fully saturated rings. The lowest BCUT2D eigenvalue weighted by Crippen LogP contribution is -2.47. The first-order valence-electron chi connectivity index (χ1n) is 8.31. The highest BCUT2D eigenvalue weighted by Gasteiger charge is 2.29. The van der Waals surface area contributed by atoms with E-state index in [0.29, 0.717) is 44.8 Å². The Hall–Kier alpha value is -2.42. The summed E-state index contributed by atoms with van der Waals surface area (Å²) in [6.45, 7) is 0.528. The summed E-state index contributed by atoms with van der Waals surface area (Å²) in [5.74, 6) is 2.07. The standard InChI is InChI=1S/C18H14Cl2N4O3S/c19-12-6-7-15(14(20)10-12)26-11-16-21-22-17-24(16)23(8-9-28-17)18(25)27-13-4-2-1-3-5-13/h1-7,10H,8-9,11H2. The second-order valence-corrected chi connectivity index (χ2v) is 7.63. The lowest BCUT2D eigenvalue weighted by molar-refractivity contribution is 0.198. The number of halogens is 2. The van der Waals surface area contributed by atoms with E-state index in [1.165, 1.54) is 16.8 Å². The molecule has 0 saturated carbocycles. The summed E-state index contributed by atoms with van der Waals surface area (Å²) >= 11 is 13.6. The molecular weight excluding hydrogens is 423 g/mol. The van der Waals surface area contributed by atoms with Crippen LogP contribution in [0.3, 0.4) is 0 Å². The number of carbonyl (C=O) groups is 1. The third-order valence-electron chi connectivity index (χ3n) is 3.86. The van der Waals surface area contributed by atoms with Crippen molar-refractivity contribution in [3.05, 3.63) is 64.4 Å². The van der Waals surface area contributed by atoms with Gasteiger partial charge in [-0.2, -0.15) is 0 Å². The molecule has 0 unspecified atom stereocenters. The zero-order valence-electron chi connectivity index (χ0n) is 14.4. The van der Waals surface area contributed by atoms with Gasteiger partial charge in [0.1, 0.15) is 18.1 Å². The number of benzene rings is 2. The van der Waals surface area contributed by atoms with Crippen molar-refractivity contribution in [2.45, 2.75) is 11.8 Å². The van der Waals surface area contributed by atoms with Gasteiger partial charge in [-0.25, -0.2) is 14.5 Å². The number of thioether (sulfide) groups is 1. The van der Waals surface area contributed by atoms with Crippen molar-refractivity contribution in [1.82, 2.24) is 14.9 Å². The molecule has 2 aromatic carbocycles. The Kier molecular flexibility index (Phi) is 5.61. The van der Waals surface area contributed by atoms with Crippen LogP contribution in [0.4, 0.5) is 4.79 Å². The number of para-hydroxylation sites is 1. The first-order valence-corrected chi connectivity index (χ1v) is 10.1. The van der Waals surface area contributed by atoms with Crippen molar-refractivity contribution in [3.8, 4) is 11.5 Å². The lowest BCUT2D eigenvalue weighted by Gasteiger charge is -2.28. The van der Waals surface area contributed by atoms with E-state index < -0.39 is 6.09 Å². The summed E-state index contributed by atoms with van der Waals surface area (Å²) in [6.07, 6.45) is -0.515. The van der Waals surface area contributed by atoms with Gasteiger partial charge in [0.05, 0.1) is 11.6 Å². The van der Waals surface area contributed by atoms with Crippen LogP contribution in [0.2, 0.25) is 10.0 Å². The van der Waals surface area contributed by atoms with Gasteiger partial charge in [0.25, 0.3) is 0 Å². The number of rotatable bonds is 4. The van der Waals surface area contributed by atoms with Crippen molar-refractivity contribution >= 4 is 41.1 Å². The van der Waals surface area contributed by atoms with Gasteiger partial charge in [-0.05, 0) is 30.3 Å². The molecule has 0 N–H and O–H groups in total. The minimum Gasteiger partial charge on any atom is -0.484 e. The summed E-state index contributed by atoms with van der Waals surface area (Å²) in [5, 5.41) is 11.2. The van der Waals surface area contributed by atoms with E-state index in [4.69, 9.17) is 32.7 Å². The Bertz CT molecular complexity index is 1000. The molecule has 0 bridgehead atoms. The number of hydrogen-bond acceptors (Lipinski definition) is 6. The molecule has 2 heterocycles. The topological polar surface area (TPSA) is 69.5 Å². The summed E-state index contributed by atoms with van der Waals surface area (Å²) in [6, 6.07) is 13.8. The van der Waals surface area contributed by atoms with Gasteiger partial charge >= 0.3 is 6.09 Å². The Morgan fingerprint density at radius 1 is 1.14 bits per heavy atom. The molecule has 7 nitrogen and oxygen atoms in total. The highest BCUT2D eigenvalue weighted by Crippen LogP contribution is 2.29. The first-order chi connectivity index (χ1) is 13.6. The molecule has 0 aliphatic carbocycles. The summed E-state index contributed by atoms with van der Waals surface area (Å²) in [7, 11) is 0. The number of hydrogen-bond donors (Lipinski definition) is 0. The van der Waals surface area contributed by atoms with Crippen LogP contribution in [0.1, 0.15) is 5.82 Å². The average Bonchev–Trinajstić information content (AvgIpc) is 3.11. The van der Waals surface area contributed by atoms with Gasteiger partial charge < -0.3 is 9.47 Å². The number of nitrogens with zero attached hydrogens (tertiary/aromatic N) is 4. The molecule has 4 rings (SSSR count). The fourth-order valence-electron chi connectivity index (χ4n) is 2.59. The highest BCUT2D eigenvalue weighted by molar-refractivity contribution is 7.99. The molecule has 1 aliphatic rings. The van der Waals surface area contributed by atoms with E-state index in [9.17, 15) is 4.79 Å². The van der Waals surface area contributed by atoms with Crippen LogP contribution in [0.5, 0.6) is 11.5 Å². The van der Waals surface area contributed by atoms with E-state index in [2.05, 4.69) is 10.2 Å². The molecule has 1 aromatic heterocycles. The van der Waals surface area contributed by atoms with Gasteiger partial charge in [-0.15, -0.1) is 10.2 Å². The summed E-state index contributed by atoms with van der Waals surface area (Å²) < 4.78 is 12.8. The molecule has 1 amide bonds. The molecule has 28 heavy (non-hydrogen) atoms. The quantitative estimate of drug-likeness (QED) is 0.603. The van der Waals surface area contributed by atoms with Crippen LogP contribution in [0.25, 0.3) is 0 Å². The van der Waals surface area contributed by atoms with Crippen molar-refractivity contribution < 1.29 is 14.3 Å². The normalized spacial score (nSPS) is 13.1. The van der Waals surface area contributed by atoms with Gasteiger partial charge in [0, 0.05) is 10.8 Å². The Labute approximate surface area is 175 Å². The number of ether oxygens (including phenoxy) is 2. The zero-order valence-corrected chi connectivity index (χ0v) is 16.7. The van der Waals surface area contributed by atoms with Crippen LogP contribution in [-0.4, -0.2) is 33.3 Å². The molecule has 0 radical (unpaired) electrons. The Morgan fingerprint density at radius 3 is 2.75 bits per heavy atom. The van der Waals surface area contributed by atoms with Crippen LogP contribution in [-0.2, 0) is 6.61 Å². The minimum atomic E-state index is -0.515. The van der Waals surface area contributed by atoms with E-state index in [1.54, 1.807) is 47.1 Å². The number of aromatic nitrogens is 3. The first kappa shape index (κ1) is 18.9. The fraction of sp³-hybridized carbons (Fsp3) is 0.167. The fourth-order valence-corrected chi connectivity index (χ4v) is 3.93. The maximum Gasteiger partial charge on any atom is 0.434 e. The molecule has 0 saturated heterocycles. The highest BCUT2D eigenvalue weighted by atomic mass is 35.5. The third-order valence-corrected chi connectivity index (χ3v) is 5.29. The largest absolute Gasteiger partial charge is 0.484 e. The van der Waals surface area contributed by atoms with E-state index >= 15 is 0 Å². The number of carbonyl (C=O) groups excluding carboxylic acids is 1. The second-order valence-electron chi connectivity index (χ2n) is 5.73. The summed E-state index contributed by atoms with van der Waals surface area (Å²) in [5.41, 5.74) is 0. The third kappa shape index (κ3) is 4.04. The predicted molar refractivity (Wildman–Crippen MR) is 107 cm³/mol. The smallest absolute Gasteiger partial charge is 0.434 e. The number of amides is 1. The van der Waals surface area contributed by atoms with Crippen molar-refractivity contribution in [2.75, 3.05) is 17.3 Å². The predicted octanol–water partition coefficient (Wildman–Crippen LogP) is 4.41. The number of fused-ring (bicyclic) bond motifs is 1. The monoisotopic (exact) mass is 436 g/mol. The maximum atomic E-state index is 12.7. The van der Waals surface area contributed by atoms with Crippen molar-refractivity contribution in [3.63, 3.8) is 0 Å². The van der Waals surface area contributed by atoms with Crippen molar-refractivity contribution in [2.24, 2.45) is 0 Å². The maximum absolute atomic E-state index is 12.7.